The predicted molar refractivity (Wildman–Crippen MR) is 55.0 cm³/mol. The molecule has 0 radical (unpaired) electrons. The van der Waals surface area contributed by atoms with Crippen LogP contribution in [0.5, 0.6) is 5.75 Å². The van der Waals surface area contributed by atoms with Gasteiger partial charge in [0.15, 0.2) is 0 Å². The Hall–Kier alpha value is -0.930. The average molecular weight is 201 g/mol. The van der Waals surface area contributed by atoms with E-state index in [1.165, 1.54) is 0 Å². The summed E-state index contributed by atoms with van der Waals surface area (Å²) in [5, 5.41) is 0.602. The third-order valence-electron chi connectivity index (χ3n) is 1.63. The van der Waals surface area contributed by atoms with Crippen LogP contribution in [-0.4, -0.2) is 12.6 Å². The number of benzene rings is 1. The number of rotatable bonds is 3. The molecule has 0 aliphatic rings. The lowest BCUT2D eigenvalue weighted by atomic mass is 10.3. The van der Waals surface area contributed by atoms with Gasteiger partial charge in [0, 0.05) is 11.6 Å². The second-order valence-electron chi connectivity index (χ2n) is 2.85. The molecule has 0 fully saturated rings. The molecule has 72 valence electrons. The Morgan fingerprint density at radius 2 is 2.23 bits per heavy atom. The summed E-state index contributed by atoms with van der Waals surface area (Å²) in [6, 6.07) is 5.13. The molecule has 1 aromatic rings. The van der Waals surface area contributed by atoms with Crippen LogP contribution in [0.3, 0.4) is 0 Å². The summed E-state index contributed by atoms with van der Waals surface area (Å²) in [5.41, 5.74) is 11.6. The quantitative estimate of drug-likeness (QED) is 0.730. The van der Waals surface area contributed by atoms with E-state index < -0.39 is 0 Å². The molecule has 4 N–H and O–H groups in total. The molecule has 1 atom stereocenters. The molecule has 0 aliphatic carbocycles. The van der Waals surface area contributed by atoms with Crippen molar-refractivity contribution < 1.29 is 4.74 Å². The molecule has 0 aliphatic heterocycles. The van der Waals surface area contributed by atoms with Crippen molar-refractivity contribution in [2.24, 2.45) is 5.73 Å². The third kappa shape index (κ3) is 2.79. The number of nitrogen functional groups attached to an aromatic ring is 1. The van der Waals surface area contributed by atoms with Gasteiger partial charge >= 0.3 is 0 Å². The van der Waals surface area contributed by atoms with Gasteiger partial charge in [-0.3, -0.25) is 0 Å². The fourth-order valence-electron chi connectivity index (χ4n) is 0.892. The Balaban J connectivity index is 2.77. The summed E-state index contributed by atoms with van der Waals surface area (Å²) in [6.07, 6.45) is -0.0384. The van der Waals surface area contributed by atoms with E-state index in [9.17, 15) is 0 Å². The Kier molecular flexibility index (Phi) is 3.39. The normalized spacial score (nSPS) is 12.5. The zero-order chi connectivity index (χ0) is 9.84. The van der Waals surface area contributed by atoms with Crippen molar-refractivity contribution in [3.8, 4) is 5.75 Å². The molecule has 3 nitrogen and oxygen atoms in total. The number of hydrogen-bond donors (Lipinski definition) is 2. The summed E-state index contributed by atoms with van der Waals surface area (Å²) in [7, 11) is 0. The molecule has 13 heavy (non-hydrogen) atoms. The monoisotopic (exact) mass is 200 g/mol. The van der Waals surface area contributed by atoms with Gasteiger partial charge in [-0.2, -0.15) is 0 Å². The molecular weight excluding hydrogens is 188 g/mol. The van der Waals surface area contributed by atoms with E-state index in [0.29, 0.717) is 23.0 Å². The largest absolute Gasteiger partial charge is 0.487 e. The van der Waals surface area contributed by atoms with E-state index in [1.54, 1.807) is 18.2 Å². The van der Waals surface area contributed by atoms with Gasteiger partial charge in [-0.1, -0.05) is 11.6 Å². The van der Waals surface area contributed by atoms with E-state index in [4.69, 9.17) is 27.8 Å². The number of halogens is 1. The first-order valence-electron chi connectivity index (χ1n) is 4.05. The van der Waals surface area contributed by atoms with Crippen molar-refractivity contribution in [3.63, 3.8) is 0 Å². The van der Waals surface area contributed by atoms with Gasteiger partial charge in [0.1, 0.15) is 11.9 Å². The highest BCUT2D eigenvalue weighted by molar-refractivity contribution is 6.30. The minimum absolute atomic E-state index is 0.0384. The summed E-state index contributed by atoms with van der Waals surface area (Å²) >= 11 is 5.73. The van der Waals surface area contributed by atoms with Crippen molar-refractivity contribution in [1.29, 1.82) is 0 Å². The first kappa shape index (κ1) is 10.2. The molecule has 0 saturated carbocycles. The summed E-state index contributed by atoms with van der Waals surface area (Å²) in [6.45, 7) is 2.34. The van der Waals surface area contributed by atoms with Gasteiger partial charge in [-0.05, 0) is 25.1 Å². The Labute approximate surface area is 82.6 Å². The Morgan fingerprint density at radius 3 is 2.77 bits per heavy atom. The fraction of sp³-hybridized carbons (Fsp3) is 0.333. The van der Waals surface area contributed by atoms with Gasteiger partial charge in [-0.15, -0.1) is 0 Å². The molecule has 0 spiro atoms. The van der Waals surface area contributed by atoms with Crippen molar-refractivity contribution in [2.45, 2.75) is 13.0 Å². The van der Waals surface area contributed by atoms with E-state index in [0.717, 1.165) is 0 Å². The zero-order valence-electron chi connectivity index (χ0n) is 7.46. The fourth-order valence-corrected chi connectivity index (χ4v) is 1.07. The van der Waals surface area contributed by atoms with Gasteiger partial charge in [0.25, 0.3) is 0 Å². The highest BCUT2D eigenvalue weighted by Gasteiger charge is 2.04. The smallest absolute Gasteiger partial charge is 0.142 e. The SMILES string of the molecule is CC(CN)Oc1ccc(Cl)cc1N. The van der Waals surface area contributed by atoms with Crippen LogP contribution in [0.15, 0.2) is 18.2 Å². The van der Waals surface area contributed by atoms with Crippen LogP contribution in [0, 0.1) is 0 Å². The molecule has 0 aromatic heterocycles. The number of anilines is 1. The first-order valence-corrected chi connectivity index (χ1v) is 4.43. The van der Waals surface area contributed by atoms with Crippen molar-refractivity contribution >= 4 is 17.3 Å². The molecular formula is C9H13ClN2O. The van der Waals surface area contributed by atoms with Crippen LogP contribution in [0.2, 0.25) is 5.02 Å². The van der Waals surface area contributed by atoms with E-state index in [2.05, 4.69) is 0 Å². The van der Waals surface area contributed by atoms with E-state index in [1.807, 2.05) is 6.92 Å². The molecule has 1 unspecified atom stereocenters. The maximum atomic E-state index is 5.73. The maximum Gasteiger partial charge on any atom is 0.142 e. The standard InChI is InChI=1S/C9H13ClN2O/c1-6(5-11)13-9-3-2-7(10)4-8(9)12/h2-4,6H,5,11-12H2,1H3. The first-order chi connectivity index (χ1) is 6.13. The molecule has 0 amide bonds. The lowest BCUT2D eigenvalue weighted by Gasteiger charge is -2.14. The van der Waals surface area contributed by atoms with Gasteiger partial charge < -0.3 is 16.2 Å². The second kappa shape index (κ2) is 4.35. The maximum absolute atomic E-state index is 5.73. The van der Waals surface area contributed by atoms with Gasteiger partial charge in [0.05, 0.1) is 5.69 Å². The van der Waals surface area contributed by atoms with Crippen LogP contribution in [0.25, 0.3) is 0 Å². The molecule has 1 aromatic carbocycles. The summed E-state index contributed by atoms with van der Waals surface area (Å²) < 4.78 is 5.44. The molecule has 1 rings (SSSR count). The van der Waals surface area contributed by atoms with Crippen molar-refractivity contribution in [1.82, 2.24) is 0 Å². The number of nitrogens with two attached hydrogens (primary N) is 2. The van der Waals surface area contributed by atoms with Crippen LogP contribution >= 0.6 is 11.6 Å². The summed E-state index contributed by atoms with van der Waals surface area (Å²) in [5.74, 6) is 0.627. The third-order valence-corrected chi connectivity index (χ3v) is 1.87. The van der Waals surface area contributed by atoms with Crippen LogP contribution in [0.1, 0.15) is 6.92 Å². The molecule has 0 heterocycles. The van der Waals surface area contributed by atoms with Crippen LogP contribution < -0.4 is 16.2 Å². The molecule has 0 saturated heterocycles. The summed E-state index contributed by atoms with van der Waals surface area (Å²) in [4.78, 5) is 0. The van der Waals surface area contributed by atoms with Gasteiger partial charge in [0.2, 0.25) is 0 Å². The average Bonchev–Trinajstić information content (AvgIpc) is 2.09. The Bertz CT molecular complexity index is 291. The second-order valence-corrected chi connectivity index (χ2v) is 3.28. The number of hydrogen-bond acceptors (Lipinski definition) is 3. The topological polar surface area (TPSA) is 61.3 Å². The minimum atomic E-state index is -0.0384. The lowest BCUT2D eigenvalue weighted by Crippen LogP contribution is -2.23. The van der Waals surface area contributed by atoms with E-state index >= 15 is 0 Å². The molecule has 4 heteroatoms. The van der Waals surface area contributed by atoms with Gasteiger partial charge in [-0.25, -0.2) is 0 Å². The zero-order valence-corrected chi connectivity index (χ0v) is 8.21. The highest BCUT2D eigenvalue weighted by atomic mass is 35.5. The lowest BCUT2D eigenvalue weighted by molar-refractivity contribution is 0.231. The van der Waals surface area contributed by atoms with Crippen LogP contribution in [0.4, 0.5) is 5.69 Å². The number of ether oxygens (including phenoxy) is 1. The van der Waals surface area contributed by atoms with E-state index in [-0.39, 0.29) is 6.10 Å². The van der Waals surface area contributed by atoms with Crippen molar-refractivity contribution in [3.05, 3.63) is 23.2 Å². The highest BCUT2D eigenvalue weighted by Crippen LogP contribution is 2.25. The molecule has 0 bridgehead atoms. The minimum Gasteiger partial charge on any atom is -0.487 e. The predicted octanol–water partition coefficient (Wildman–Crippen LogP) is 1.65. The Morgan fingerprint density at radius 1 is 1.54 bits per heavy atom. The van der Waals surface area contributed by atoms with Crippen molar-refractivity contribution in [2.75, 3.05) is 12.3 Å². The van der Waals surface area contributed by atoms with Crippen LogP contribution in [-0.2, 0) is 0 Å².